The van der Waals surface area contributed by atoms with Gasteiger partial charge in [-0.05, 0) is 18.4 Å². The summed E-state index contributed by atoms with van der Waals surface area (Å²) in [5, 5.41) is 4.33. The molecular formula is C23H31N7O2. The van der Waals surface area contributed by atoms with Crippen molar-refractivity contribution in [2.75, 3.05) is 36.6 Å². The van der Waals surface area contributed by atoms with Crippen molar-refractivity contribution in [1.29, 1.82) is 0 Å². The third kappa shape index (κ3) is 4.89. The molecule has 170 valence electrons. The molecule has 2 aliphatic heterocycles. The number of hydrogen-bond acceptors (Lipinski definition) is 8. The molecule has 3 N–H and O–H groups in total. The van der Waals surface area contributed by atoms with Gasteiger partial charge in [-0.3, -0.25) is 4.79 Å². The van der Waals surface area contributed by atoms with Gasteiger partial charge in [0.05, 0.1) is 44.3 Å². The molecule has 3 heterocycles. The highest BCUT2D eigenvalue weighted by Gasteiger charge is 2.33. The largest absolute Gasteiger partial charge is 0.378 e. The summed E-state index contributed by atoms with van der Waals surface area (Å²) < 4.78 is 5.51. The molecule has 0 unspecified atom stereocenters. The number of nitrogens with one attached hydrogen (secondary N) is 1. The minimum Gasteiger partial charge on any atom is -0.378 e. The fraction of sp³-hybridized carbons (Fsp3) is 0.478. The molecule has 0 aliphatic carbocycles. The normalized spacial score (nSPS) is 17.2. The lowest BCUT2D eigenvalue weighted by molar-refractivity contribution is -0.134. The number of nitrogens with two attached hydrogens (primary N) is 1. The number of ether oxygens (including phenoxy) is 1. The second-order valence-corrected chi connectivity index (χ2v) is 8.64. The Morgan fingerprint density at radius 2 is 2.03 bits per heavy atom. The van der Waals surface area contributed by atoms with Gasteiger partial charge >= 0.3 is 0 Å². The number of fused-ring (bicyclic) bond motifs is 1. The van der Waals surface area contributed by atoms with Crippen molar-refractivity contribution in [2.45, 2.75) is 39.9 Å². The van der Waals surface area contributed by atoms with Crippen LogP contribution in [0.15, 0.2) is 29.4 Å². The molecule has 2 aliphatic rings. The molecule has 1 atom stereocenters. The Morgan fingerprint density at radius 1 is 1.25 bits per heavy atom. The molecule has 0 bridgehead atoms. The molecule has 0 radical (unpaired) electrons. The average Bonchev–Trinajstić information content (AvgIpc) is 3.22. The number of hydrazone groups is 1. The Kier molecular flexibility index (Phi) is 6.66. The summed E-state index contributed by atoms with van der Waals surface area (Å²) in [5.74, 6) is 1.26. The molecule has 9 heteroatoms. The Bertz CT molecular complexity index is 1000. The smallest absolute Gasteiger partial charge is 0.245 e. The zero-order valence-electron chi connectivity index (χ0n) is 18.9. The number of aromatic nitrogens is 2. The van der Waals surface area contributed by atoms with E-state index in [0.717, 1.165) is 35.7 Å². The van der Waals surface area contributed by atoms with Crippen LogP contribution >= 0.6 is 0 Å². The van der Waals surface area contributed by atoms with Crippen LogP contribution in [0.5, 0.6) is 0 Å². The second-order valence-electron chi connectivity index (χ2n) is 8.64. The molecule has 2 aromatic rings. The number of anilines is 2. The monoisotopic (exact) mass is 437 g/mol. The third-order valence-electron chi connectivity index (χ3n) is 5.81. The van der Waals surface area contributed by atoms with Gasteiger partial charge in [0.15, 0.2) is 0 Å². The van der Waals surface area contributed by atoms with Crippen LogP contribution in [0.25, 0.3) is 0 Å². The minimum absolute atomic E-state index is 0.0575. The van der Waals surface area contributed by atoms with E-state index in [1.54, 1.807) is 11.1 Å². The van der Waals surface area contributed by atoms with Crippen molar-refractivity contribution in [3.63, 3.8) is 0 Å². The number of carbonyl (C=O) groups excluding carboxylic acids is 1. The number of nitrogens with zero attached hydrogens (tertiary/aromatic N) is 5. The summed E-state index contributed by atoms with van der Waals surface area (Å²) in [7, 11) is 0. The zero-order valence-corrected chi connectivity index (χ0v) is 18.9. The van der Waals surface area contributed by atoms with Gasteiger partial charge < -0.3 is 20.3 Å². The number of amides is 1. The van der Waals surface area contributed by atoms with Crippen molar-refractivity contribution in [1.82, 2.24) is 14.9 Å². The van der Waals surface area contributed by atoms with Gasteiger partial charge in [-0.2, -0.15) is 10.1 Å². The first-order valence-corrected chi connectivity index (χ1v) is 11.0. The van der Waals surface area contributed by atoms with Crippen LogP contribution in [0.1, 0.15) is 36.2 Å². The zero-order chi connectivity index (χ0) is 22.7. The maximum atomic E-state index is 12.9. The Hall–Kier alpha value is -3.04. The molecule has 1 amide bonds. The van der Waals surface area contributed by atoms with Gasteiger partial charge in [0.1, 0.15) is 5.82 Å². The molecule has 9 nitrogen and oxygen atoms in total. The molecule has 0 saturated carbocycles. The predicted molar refractivity (Wildman–Crippen MR) is 125 cm³/mol. The summed E-state index contributed by atoms with van der Waals surface area (Å²) in [6, 6.07) is 7.55. The van der Waals surface area contributed by atoms with Crippen LogP contribution in [0.3, 0.4) is 0 Å². The van der Waals surface area contributed by atoms with Crippen LogP contribution in [0.4, 0.5) is 11.8 Å². The minimum atomic E-state index is -0.527. The first-order chi connectivity index (χ1) is 15.4. The summed E-state index contributed by atoms with van der Waals surface area (Å²) in [5.41, 5.74) is 13.1. The van der Waals surface area contributed by atoms with Gasteiger partial charge in [-0.1, -0.05) is 43.7 Å². The third-order valence-corrected chi connectivity index (χ3v) is 5.81. The molecule has 32 heavy (non-hydrogen) atoms. The van der Waals surface area contributed by atoms with Gasteiger partial charge in [0.25, 0.3) is 0 Å². The highest BCUT2D eigenvalue weighted by atomic mass is 16.5. The van der Waals surface area contributed by atoms with E-state index in [0.29, 0.717) is 32.3 Å². The summed E-state index contributed by atoms with van der Waals surface area (Å²) in [6.45, 7) is 9.63. The lowest BCUT2D eigenvalue weighted by atomic mass is 10.0. The lowest BCUT2D eigenvalue weighted by Gasteiger charge is -2.29. The van der Waals surface area contributed by atoms with E-state index in [1.807, 2.05) is 39.0 Å². The first-order valence-electron chi connectivity index (χ1n) is 11.0. The maximum absolute atomic E-state index is 12.9. The van der Waals surface area contributed by atoms with Gasteiger partial charge in [-0.25, -0.2) is 10.4 Å². The molecule has 1 fully saturated rings. The van der Waals surface area contributed by atoms with Gasteiger partial charge in [0.2, 0.25) is 11.9 Å². The Balaban J connectivity index is 1.58. The Labute approximate surface area is 188 Å². The first kappa shape index (κ1) is 22.2. The van der Waals surface area contributed by atoms with Crippen LogP contribution < -0.4 is 16.1 Å². The van der Waals surface area contributed by atoms with E-state index in [2.05, 4.69) is 26.5 Å². The molecule has 1 aromatic heterocycles. The van der Waals surface area contributed by atoms with E-state index in [9.17, 15) is 4.79 Å². The SMILES string of the molecule is Cc1cccc(/C=N/Nc2nc3c(c(N4CCOCC4)n2)CN(C(=O)[C@@H](N)C(C)C)C3)c1. The Morgan fingerprint density at radius 3 is 2.75 bits per heavy atom. The van der Waals surface area contributed by atoms with Crippen LogP contribution in [-0.4, -0.2) is 59.3 Å². The average molecular weight is 438 g/mol. The van der Waals surface area contributed by atoms with Crippen molar-refractivity contribution in [3.8, 4) is 0 Å². The topological polar surface area (TPSA) is 109 Å². The number of benzene rings is 1. The van der Waals surface area contributed by atoms with E-state index in [4.69, 9.17) is 15.5 Å². The summed E-state index contributed by atoms with van der Waals surface area (Å²) >= 11 is 0. The highest BCUT2D eigenvalue weighted by molar-refractivity contribution is 5.83. The predicted octanol–water partition coefficient (Wildman–Crippen LogP) is 1.89. The number of rotatable bonds is 6. The molecule has 1 saturated heterocycles. The van der Waals surface area contributed by atoms with Crippen molar-refractivity contribution >= 4 is 23.9 Å². The maximum Gasteiger partial charge on any atom is 0.245 e. The summed E-state index contributed by atoms with van der Waals surface area (Å²) in [4.78, 5) is 26.2. The lowest BCUT2D eigenvalue weighted by Crippen LogP contribution is -2.44. The van der Waals surface area contributed by atoms with E-state index in [-0.39, 0.29) is 11.8 Å². The van der Waals surface area contributed by atoms with Gasteiger partial charge in [-0.15, -0.1) is 0 Å². The van der Waals surface area contributed by atoms with Crippen LogP contribution in [0, 0.1) is 12.8 Å². The fourth-order valence-corrected chi connectivity index (χ4v) is 3.89. The second kappa shape index (κ2) is 9.62. The van der Waals surface area contributed by atoms with Crippen molar-refractivity contribution < 1.29 is 9.53 Å². The summed E-state index contributed by atoms with van der Waals surface area (Å²) in [6.07, 6.45) is 1.75. The van der Waals surface area contributed by atoms with Gasteiger partial charge in [0, 0.05) is 18.7 Å². The standard InChI is InChI=1S/C23H31N7O2/c1-15(2)20(24)22(31)30-13-18-19(14-30)26-23(27-21(18)29-7-9-32-10-8-29)28-25-12-17-6-4-5-16(3)11-17/h4-6,11-12,15,20H,7-10,13-14,24H2,1-3H3,(H,26,27,28)/b25-12+/t20-/m0/s1. The number of morpholine rings is 1. The fourth-order valence-electron chi connectivity index (χ4n) is 3.89. The molecule has 1 aromatic carbocycles. The highest BCUT2D eigenvalue weighted by Crippen LogP contribution is 2.31. The molecule has 4 rings (SSSR count). The quantitative estimate of drug-likeness (QED) is 0.525. The van der Waals surface area contributed by atoms with Crippen LogP contribution in [-0.2, 0) is 22.6 Å². The van der Waals surface area contributed by atoms with E-state index < -0.39 is 6.04 Å². The number of hydrogen-bond donors (Lipinski definition) is 2. The molecular weight excluding hydrogens is 406 g/mol. The van der Waals surface area contributed by atoms with Crippen molar-refractivity contribution in [3.05, 3.63) is 46.6 Å². The van der Waals surface area contributed by atoms with Crippen LogP contribution in [0.2, 0.25) is 0 Å². The number of carbonyl (C=O) groups is 1. The number of aryl methyl sites for hydroxylation is 1. The van der Waals surface area contributed by atoms with Crippen molar-refractivity contribution in [2.24, 2.45) is 16.8 Å². The van der Waals surface area contributed by atoms with E-state index >= 15 is 0 Å². The molecule has 0 spiro atoms. The van der Waals surface area contributed by atoms with E-state index in [1.165, 1.54) is 5.56 Å².